The van der Waals surface area contributed by atoms with Gasteiger partial charge in [-0.3, -0.25) is 9.50 Å². The van der Waals surface area contributed by atoms with Gasteiger partial charge >= 0.3 is 0 Å². The molecule has 0 aliphatic carbocycles. The number of thiophene rings is 1. The van der Waals surface area contributed by atoms with Crippen molar-refractivity contribution >= 4 is 39.6 Å². The van der Waals surface area contributed by atoms with Crippen LogP contribution in [0.15, 0.2) is 47.8 Å². The van der Waals surface area contributed by atoms with E-state index >= 15 is 0 Å². The van der Waals surface area contributed by atoms with Crippen molar-refractivity contribution in [2.45, 2.75) is 0 Å². The molecule has 0 atom stereocenters. The quantitative estimate of drug-likeness (QED) is 0.520. The van der Waals surface area contributed by atoms with Crippen molar-refractivity contribution in [3.8, 4) is 22.1 Å². The molecule has 1 N–H and O–H groups in total. The van der Waals surface area contributed by atoms with Gasteiger partial charge in [-0.05, 0) is 23.6 Å². The lowest BCUT2D eigenvalue weighted by atomic mass is 10.2. The molecule has 8 heteroatoms. The monoisotopic (exact) mass is 352 g/mol. The zero-order chi connectivity index (χ0) is 16.1. The lowest BCUT2D eigenvalue weighted by Crippen LogP contribution is -1.97. The molecule has 0 saturated carbocycles. The first-order valence-electron chi connectivity index (χ1n) is 7.20. The molecule has 0 amide bonds. The van der Waals surface area contributed by atoms with E-state index < -0.39 is 0 Å². The highest BCUT2D eigenvalue weighted by Gasteiger charge is 2.19. The van der Waals surface area contributed by atoms with E-state index in [9.17, 15) is 0 Å². The zero-order valence-corrected chi connectivity index (χ0v) is 13.7. The molecule has 24 heavy (non-hydrogen) atoms. The highest BCUT2D eigenvalue weighted by Crippen LogP contribution is 2.30. The lowest BCUT2D eigenvalue weighted by molar-refractivity contribution is 1.08. The Labute approximate surface area is 144 Å². The number of para-hydroxylation sites is 2. The predicted molar refractivity (Wildman–Crippen MR) is 94.2 cm³/mol. The number of benzene rings is 1. The molecule has 0 spiro atoms. The topological polar surface area (TPSA) is 71.8 Å². The Morgan fingerprint density at radius 2 is 2.00 bits per heavy atom. The highest BCUT2D eigenvalue weighted by molar-refractivity contribution is 7.13. The van der Waals surface area contributed by atoms with Gasteiger partial charge in [-0.25, -0.2) is 4.98 Å². The fraction of sp³-hybridized carbons (Fsp3) is 0. The standard InChI is InChI=1S/C16H9ClN6S/c17-13-8-10(19-20-13)14-16-22-21-15(12-6-3-7-24-12)23(16)11-5-2-1-4-9(11)18-14/h1-8H,(H,19,20). The maximum absolute atomic E-state index is 5.98. The molecule has 0 saturated heterocycles. The number of aromatic nitrogens is 6. The number of nitrogens with zero attached hydrogens (tertiary/aromatic N) is 5. The minimum absolute atomic E-state index is 0.455. The number of hydrogen-bond acceptors (Lipinski definition) is 5. The van der Waals surface area contributed by atoms with Gasteiger partial charge in [-0.15, -0.1) is 21.5 Å². The van der Waals surface area contributed by atoms with Crippen LogP contribution in [-0.2, 0) is 0 Å². The van der Waals surface area contributed by atoms with E-state index in [1.807, 2.05) is 46.2 Å². The molecule has 6 nitrogen and oxygen atoms in total. The molecule has 5 rings (SSSR count). The second kappa shape index (κ2) is 5.12. The van der Waals surface area contributed by atoms with Gasteiger partial charge in [-0.2, -0.15) is 5.10 Å². The molecule has 5 aromatic rings. The molecular weight excluding hydrogens is 344 g/mol. The molecule has 0 aliphatic rings. The number of hydrogen-bond donors (Lipinski definition) is 1. The van der Waals surface area contributed by atoms with Crippen LogP contribution in [0.1, 0.15) is 0 Å². The van der Waals surface area contributed by atoms with Crippen LogP contribution in [0.25, 0.3) is 38.8 Å². The number of aromatic amines is 1. The van der Waals surface area contributed by atoms with Crippen LogP contribution in [0, 0.1) is 0 Å². The van der Waals surface area contributed by atoms with Crippen LogP contribution >= 0.6 is 22.9 Å². The summed E-state index contributed by atoms with van der Waals surface area (Å²) in [5.41, 5.74) is 3.73. The minimum Gasteiger partial charge on any atom is -0.271 e. The van der Waals surface area contributed by atoms with Crippen molar-refractivity contribution < 1.29 is 0 Å². The van der Waals surface area contributed by atoms with Crippen molar-refractivity contribution in [2.75, 3.05) is 0 Å². The average Bonchev–Trinajstić information content (AvgIpc) is 3.34. The average molecular weight is 353 g/mol. The van der Waals surface area contributed by atoms with Crippen LogP contribution < -0.4 is 0 Å². The Balaban J connectivity index is 1.94. The second-order valence-corrected chi connectivity index (χ2v) is 6.57. The van der Waals surface area contributed by atoms with Crippen molar-refractivity contribution in [3.05, 3.63) is 53.0 Å². The first-order chi connectivity index (χ1) is 11.8. The minimum atomic E-state index is 0.455. The Kier molecular flexibility index (Phi) is 2.91. The summed E-state index contributed by atoms with van der Waals surface area (Å²) in [6.07, 6.45) is 0. The zero-order valence-electron chi connectivity index (χ0n) is 12.1. The fourth-order valence-electron chi connectivity index (χ4n) is 2.74. The third-order valence-electron chi connectivity index (χ3n) is 3.76. The molecular formula is C16H9ClN6S. The maximum atomic E-state index is 5.98. The summed E-state index contributed by atoms with van der Waals surface area (Å²) in [6.45, 7) is 0. The predicted octanol–water partition coefficient (Wildman–Crippen LogP) is 4.05. The van der Waals surface area contributed by atoms with Gasteiger partial charge < -0.3 is 0 Å². The van der Waals surface area contributed by atoms with E-state index in [2.05, 4.69) is 20.4 Å². The molecule has 0 unspecified atom stereocenters. The van der Waals surface area contributed by atoms with Crippen molar-refractivity contribution in [2.24, 2.45) is 0 Å². The smallest absolute Gasteiger partial charge is 0.189 e. The molecule has 0 bridgehead atoms. The maximum Gasteiger partial charge on any atom is 0.189 e. The lowest BCUT2D eigenvalue weighted by Gasteiger charge is -2.06. The van der Waals surface area contributed by atoms with Gasteiger partial charge in [-0.1, -0.05) is 29.8 Å². The van der Waals surface area contributed by atoms with Crippen LogP contribution in [0.4, 0.5) is 0 Å². The van der Waals surface area contributed by atoms with Gasteiger partial charge in [0.15, 0.2) is 11.5 Å². The van der Waals surface area contributed by atoms with E-state index in [1.165, 1.54) is 0 Å². The number of H-pyrrole nitrogens is 1. The largest absolute Gasteiger partial charge is 0.271 e. The molecule has 0 fully saturated rings. The molecule has 4 heterocycles. The van der Waals surface area contributed by atoms with Gasteiger partial charge in [0.2, 0.25) is 0 Å². The Morgan fingerprint density at radius 1 is 1.08 bits per heavy atom. The third kappa shape index (κ3) is 1.95. The van der Waals surface area contributed by atoms with Crippen molar-refractivity contribution in [3.63, 3.8) is 0 Å². The number of rotatable bonds is 2. The van der Waals surface area contributed by atoms with Crippen molar-refractivity contribution in [1.82, 2.24) is 29.8 Å². The van der Waals surface area contributed by atoms with Gasteiger partial charge in [0.1, 0.15) is 16.5 Å². The Hall–Kier alpha value is -2.77. The van der Waals surface area contributed by atoms with Crippen LogP contribution in [0.3, 0.4) is 0 Å². The van der Waals surface area contributed by atoms with E-state index in [4.69, 9.17) is 16.6 Å². The third-order valence-corrected chi connectivity index (χ3v) is 4.82. The van der Waals surface area contributed by atoms with Crippen LogP contribution in [0.2, 0.25) is 5.15 Å². The summed E-state index contributed by atoms with van der Waals surface area (Å²) >= 11 is 7.60. The van der Waals surface area contributed by atoms with Gasteiger partial charge in [0, 0.05) is 6.07 Å². The second-order valence-electron chi connectivity index (χ2n) is 5.21. The summed E-state index contributed by atoms with van der Waals surface area (Å²) in [6, 6.07) is 13.7. The van der Waals surface area contributed by atoms with Crippen LogP contribution in [0.5, 0.6) is 0 Å². The summed E-state index contributed by atoms with van der Waals surface area (Å²) in [7, 11) is 0. The molecule has 0 aliphatic heterocycles. The summed E-state index contributed by atoms with van der Waals surface area (Å²) in [5, 5.41) is 18.2. The van der Waals surface area contributed by atoms with Gasteiger partial charge in [0.05, 0.1) is 15.9 Å². The van der Waals surface area contributed by atoms with E-state index in [-0.39, 0.29) is 0 Å². The molecule has 1 aromatic carbocycles. The summed E-state index contributed by atoms with van der Waals surface area (Å²) in [4.78, 5) is 5.77. The Bertz CT molecular complexity index is 1170. The molecule has 116 valence electrons. The molecule has 4 aromatic heterocycles. The summed E-state index contributed by atoms with van der Waals surface area (Å²) < 4.78 is 2.02. The van der Waals surface area contributed by atoms with E-state index in [1.54, 1.807) is 17.4 Å². The van der Waals surface area contributed by atoms with E-state index in [0.29, 0.717) is 22.2 Å². The SMILES string of the molecule is Clc1cc(-c2nc3ccccc3n3c(-c4cccs4)nnc23)n[nH]1. The molecule has 0 radical (unpaired) electrons. The normalized spacial score (nSPS) is 11.5. The van der Waals surface area contributed by atoms with Crippen LogP contribution in [-0.4, -0.2) is 29.8 Å². The first kappa shape index (κ1) is 13.6. The number of nitrogens with one attached hydrogen (secondary N) is 1. The Morgan fingerprint density at radius 3 is 2.79 bits per heavy atom. The summed E-state index contributed by atoms with van der Waals surface area (Å²) in [5.74, 6) is 0.793. The van der Waals surface area contributed by atoms with Crippen molar-refractivity contribution in [1.29, 1.82) is 0 Å². The fourth-order valence-corrected chi connectivity index (χ4v) is 3.58. The van der Waals surface area contributed by atoms with Gasteiger partial charge in [0.25, 0.3) is 0 Å². The van der Waals surface area contributed by atoms with E-state index in [0.717, 1.165) is 21.7 Å². The number of halogens is 1. The first-order valence-corrected chi connectivity index (χ1v) is 8.46. The number of fused-ring (bicyclic) bond motifs is 3. The highest BCUT2D eigenvalue weighted by atomic mass is 35.5.